The van der Waals surface area contributed by atoms with Gasteiger partial charge in [-0.3, -0.25) is 9.36 Å². The van der Waals surface area contributed by atoms with Crippen molar-refractivity contribution >= 4 is 23.1 Å². The molecule has 0 atom stereocenters. The van der Waals surface area contributed by atoms with Gasteiger partial charge in [-0.2, -0.15) is 0 Å². The Morgan fingerprint density at radius 2 is 2.12 bits per heavy atom. The lowest BCUT2D eigenvalue weighted by Gasteiger charge is -2.06. The molecule has 2 rings (SSSR count). The molecule has 2 N–H and O–H groups in total. The van der Waals surface area contributed by atoms with E-state index < -0.39 is 0 Å². The van der Waals surface area contributed by atoms with E-state index in [4.69, 9.17) is 17.3 Å². The SMILES string of the molecule is O=c1c2ccccc2[nH]c(=S)n1CCCO. The van der Waals surface area contributed by atoms with Crippen LogP contribution < -0.4 is 5.56 Å². The van der Waals surface area contributed by atoms with Crippen LogP contribution in [0.2, 0.25) is 0 Å². The van der Waals surface area contributed by atoms with Crippen LogP contribution >= 0.6 is 12.2 Å². The van der Waals surface area contributed by atoms with E-state index in [0.29, 0.717) is 23.1 Å². The fourth-order valence-electron chi connectivity index (χ4n) is 1.63. The van der Waals surface area contributed by atoms with E-state index >= 15 is 0 Å². The van der Waals surface area contributed by atoms with Gasteiger partial charge in [0.15, 0.2) is 4.77 Å². The summed E-state index contributed by atoms with van der Waals surface area (Å²) in [5.41, 5.74) is 0.644. The maximum atomic E-state index is 12.0. The molecule has 1 aromatic heterocycles. The van der Waals surface area contributed by atoms with E-state index in [1.807, 2.05) is 18.2 Å². The second-order valence-electron chi connectivity index (χ2n) is 3.51. The first-order valence-corrected chi connectivity index (χ1v) is 5.47. The highest BCUT2D eigenvalue weighted by molar-refractivity contribution is 7.71. The van der Waals surface area contributed by atoms with Gasteiger partial charge in [0.05, 0.1) is 10.9 Å². The van der Waals surface area contributed by atoms with Crippen LogP contribution in [0.1, 0.15) is 6.42 Å². The lowest BCUT2D eigenvalue weighted by Crippen LogP contribution is -2.22. The molecule has 2 aromatic rings. The number of aliphatic hydroxyl groups is 1. The fraction of sp³-hybridized carbons (Fsp3) is 0.273. The predicted octanol–water partition coefficient (Wildman–Crippen LogP) is 1.44. The molecule has 5 heteroatoms. The molecule has 0 unspecified atom stereocenters. The summed E-state index contributed by atoms with van der Waals surface area (Å²) in [4.78, 5) is 15.1. The van der Waals surface area contributed by atoms with Gasteiger partial charge >= 0.3 is 0 Å². The molecule has 0 saturated carbocycles. The molecule has 0 aliphatic heterocycles. The van der Waals surface area contributed by atoms with Crippen molar-refractivity contribution in [3.05, 3.63) is 39.4 Å². The monoisotopic (exact) mass is 236 g/mol. The van der Waals surface area contributed by atoms with Crippen molar-refractivity contribution in [3.8, 4) is 0 Å². The molecule has 0 aliphatic carbocycles. The summed E-state index contributed by atoms with van der Waals surface area (Å²) in [7, 11) is 0. The molecule has 0 spiro atoms. The Morgan fingerprint density at radius 3 is 2.88 bits per heavy atom. The summed E-state index contributed by atoms with van der Waals surface area (Å²) in [5.74, 6) is 0. The van der Waals surface area contributed by atoms with Gasteiger partial charge in [0.25, 0.3) is 5.56 Å². The lowest BCUT2D eigenvalue weighted by atomic mass is 10.2. The van der Waals surface area contributed by atoms with E-state index in [1.165, 1.54) is 4.57 Å². The van der Waals surface area contributed by atoms with Gasteiger partial charge in [-0.1, -0.05) is 12.1 Å². The first-order valence-electron chi connectivity index (χ1n) is 5.07. The van der Waals surface area contributed by atoms with Crippen molar-refractivity contribution in [1.29, 1.82) is 0 Å². The molecular formula is C11H12N2O2S. The number of nitrogens with zero attached hydrogens (tertiary/aromatic N) is 1. The molecule has 0 amide bonds. The largest absolute Gasteiger partial charge is 0.396 e. The van der Waals surface area contributed by atoms with Crippen molar-refractivity contribution in [2.75, 3.05) is 6.61 Å². The smallest absolute Gasteiger partial charge is 0.262 e. The van der Waals surface area contributed by atoms with Crippen LogP contribution in [-0.4, -0.2) is 21.3 Å². The average Bonchev–Trinajstić information content (AvgIpc) is 2.29. The number of fused-ring (bicyclic) bond motifs is 1. The summed E-state index contributed by atoms with van der Waals surface area (Å²) in [5, 5.41) is 9.38. The van der Waals surface area contributed by atoms with Crippen LogP contribution in [0.15, 0.2) is 29.1 Å². The molecule has 0 fully saturated rings. The molecule has 1 aromatic carbocycles. The molecule has 0 bridgehead atoms. The van der Waals surface area contributed by atoms with E-state index in [-0.39, 0.29) is 12.2 Å². The fourth-order valence-corrected chi connectivity index (χ4v) is 1.91. The minimum Gasteiger partial charge on any atom is -0.396 e. The summed E-state index contributed by atoms with van der Waals surface area (Å²) in [6.07, 6.45) is 0.524. The van der Waals surface area contributed by atoms with Crippen molar-refractivity contribution in [3.63, 3.8) is 0 Å². The van der Waals surface area contributed by atoms with Crippen molar-refractivity contribution < 1.29 is 5.11 Å². The van der Waals surface area contributed by atoms with Crippen LogP contribution in [0.5, 0.6) is 0 Å². The van der Waals surface area contributed by atoms with Crippen molar-refractivity contribution in [1.82, 2.24) is 9.55 Å². The van der Waals surface area contributed by atoms with E-state index in [9.17, 15) is 4.79 Å². The van der Waals surface area contributed by atoms with Crippen LogP contribution in [0.25, 0.3) is 10.9 Å². The molecule has 0 radical (unpaired) electrons. The molecule has 4 nitrogen and oxygen atoms in total. The van der Waals surface area contributed by atoms with Crippen LogP contribution in [0, 0.1) is 4.77 Å². The number of H-pyrrole nitrogens is 1. The Balaban J connectivity index is 2.66. The summed E-state index contributed by atoms with van der Waals surface area (Å²) < 4.78 is 1.88. The standard InChI is InChI=1S/C11H12N2O2S/c14-7-3-6-13-10(15)8-4-1-2-5-9(8)12-11(13)16/h1-2,4-5,14H,3,6-7H2,(H,12,16). The number of aliphatic hydroxyl groups excluding tert-OH is 1. The maximum Gasteiger partial charge on any atom is 0.262 e. The maximum absolute atomic E-state index is 12.0. The lowest BCUT2D eigenvalue weighted by molar-refractivity contribution is 0.278. The summed E-state index contributed by atoms with van der Waals surface area (Å²) in [6, 6.07) is 7.25. The highest BCUT2D eigenvalue weighted by atomic mass is 32.1. The van der Waals surface area contributed by atoms with Crippen molar-refractivity contribution in [2.24, 2.45) is 0 Å². The normalized spacial score (nSPS) is 10.8. The number of aromatic amines is 1. The second kappa shape index (κ2) is 4.59. The van der Waals surface area contributed by atoms with Gasteiger partial charge < -0.3 is 10.1 Å². The van der Waals surface area contributed by atoms with Crippen LogP contribution in [0.4, 0.5) is 0 Å². The molecule has 84 valence electrons. The highest BCUT2D eigenvalue weighted by Crippen LogP contribution is 2.05. The Hall–Kier alpha value is -1.46. The number of hydrogen-bond acceptors (Lipinski definition) is 3. The van der Waals surface area contributed by atoms with Gasteiger partial charge in [0.1, 0.15) is 0 Å². The van der Waals surface area contributed by atoms with Gasteiger partial charge in [-0.15, -0.1) is 0 Å². The third-order valence-electron chi connectivity index (χ3n) is 2.43. The predicted molar refractivity (Wildman–Crippen MR) is 65.1 cm³/mol. The minimum absolute atomic E-state index is 0.0496. The quantitative estimate of drug-likeness (QED) is 0.793. The Labute approximate surface area is 97.2 Å². The van der Waals surface area contributed by atoms with Gasteiger partial charge in [0.2, 0.25) is 0 Å². The summed E-state index contributed by atoms with van der Waals surface area (Å²) in [6.45, 7) is 0.490. The second-order valence-corrected chi connectivity index (χ2v) is 3.90. The Morgan fingerprint density at radius 1 is 1.38 bits per heavy atom. The van der Waals surface area contributed by atoms with Crippen LogP contribution in [0.3, 0.4) is 0 Å². The zero-order chi connectivity index (χ0) is 11.5. The third-order valence-corrected chi connectivity index (χ3v) is 2.75. The Bertz CT molecular complexity index is 615. The van der Waals surface area contributed by atoms with Gasteiger partial charge in [0, 0.05) is 13.2 Å². The zero-order valence-corrected chi connectivity index (χ0v) is 9.46. The Kier molecular flexibility index (Phi) is 3.17. The zero-order valence-electron chi connectivity index (χ0n) is 8.64. The van der Waals surface area contributed by atoms with Gasteiger partial charge in [-0.25, -0.2) is 0 Å². The molecular weight excluding hydrogens is 224 g/mol. The van der Waals surface area contributed by atoms with E-state index in [1.54, 1.807) is 6.07 Å². The number of rotatable bonds is 3. The minimum atomic E-state index is -0.104. The molecule has 0 saturated heterocycles. The van der Waals surface area contributed by atoms with Crippen LogP contribution in [-0.2, 0) is 6.54 Å². The topological polar surface area (TPSA) is 58.0 Å². The van der Waals surface area contributed by atoms with Crippen molar-refractivity contribution in [2.45, 2.75) is 13.0 Å². The first kappa shape index (κ1) is 11.0. The number of aromatic nitrogens is 2. The average molecular weight is 236 g/mol. The number of para-hydroxylation sites is 1. The van der Waals surface area contributed by atoms with E-state index in [0.717, 1.165) is 5.52 Å². The van der Waals surface area contributed by atoms with Gasteiger partial charge in [-0.05, 0) is 30.8 Å². The first-order chi connectivity index (χ1) is 7.74. The highest BCUT2D eigenvalue weighted by Gasteiger charge is 2.03. The molecule has 1 heterocycles. The molecule has 0 aliphatic rings. The number of nitrogens with one attached hydrogen (secondary N) is 1. The van der Waals surface area contributed by atoms with E-state index in [2.05, 4.69) is 4.98 Å². The third kappa shape index (κ3) is 1.91. The molecule has 16 heavy (non-hydrogen) atoms. The number of benzene rings is 1. The number of hydrogen-bond donors (Lipinski definition) is 2. The summed E-state index contributed by atoms with van der Waals surface area (Å²) >= 11 is 5.11.